The molecule has 0 amide bonds. The van der Waals surface area contributed by atoms with Crippen LogP contribution in [0.25, 0.3) is 0 Å². The Bertz CT molecular complexity index is 340. The third-order valence-corrected chi connectivity index (χ3v) is 1.77. The summed E-state index contributed by atoms with van der Waals surface area (Å²) in [5, 5.41) is 0. The fraction of sp³-hybridized carbons (Fsp3) is 0.182. The van der Waals surface area contributed by atoms with E-state index >= 15 is 0 Å². The molecule has 0 saturated carbocycles. The molecule has 0 saturated heterocycles. The number of carbonyl (C=O) groups excluding carboxylic acids is 1. The van der Waals surface area contributed by atoms with E-state index in [-0.39, 0.29) is 13.2 Å². The van der Waals surface area contributed by atoms with Crippen molar-refractivity contribution in [2.45, 2.75) is 6.61 Å². The van der Waals surface area contributed by atoms with E-state index in [1.54, 1.807) is 0 Å². The van der Waals surface area contributed by atoms with Crippen molar-refractivity contribution >= 4 is 17.6 Å². The Labute approximate surface area is 98.8 Å². The van der Waals surface area contributed by atoms with Gasteiger partial charge < -0.3 is 4.74 Å². The van der Waals surface area contributed by atoms with Crippen molar-refractivity contribution in [3.8, 4) is 0 Å². The number of ether oxygens (including phenoxy) is 1. The average Bonchev–Trinajstić information content (AvgIpc) is 2.33. The van der Waals surface area contributed by atoms with Crippen LogP contribution in [0.4, 0.5) is 0 Å². The topological polar surface area (TPSA) is 47.6 Å². The molecule has 1 aromatic carbocycles. The van der Waals surface area contributed by atoms with Gasteiger partial charge in [-0.05, 0) is 5.56 Å². The highest BCUT2D eigenvalue weighted by Crippen LogP contribution is 2.00. The van der Waals surface area contributed by atoms with Gasteiger partial charge in [0, 0.05) is 11.7 Å². The quantitative estimate of drug-likeness (QED) is 0.470. The normalized spacial score (nSPS) is 10.3. The van der Waals surface area contributed by atoms with Gasteiger partial charge in [-0.25, -0.2) is 4.79 Å². The van der Waals surface area contributed by atoms with E-state index in [2.05, 4.69) is 5.48 Å². The van der Waals surface area contributed by atoms with E-state index in [1.807, 2.05) is 30.3 Å². The number of carbonyl (C=O) groups is 1. The summed E-state index contributed by atoms with van der Waals surface area (Å²) in [5.74, 6) is -0.445. The van der Waals surface area contributed by atoms with Crippen LogP contribution < -0.4 is 5.48 Å². The van der Waals surface area contributed by atoms with Crippen LogP contribution in [-0.4, -0.2) is 12.6 Å². The molecular weight excluding hydrogens is 230 g/mol. The first-order valence-electron chi connectivity index (χ1n) is 4.65. The minimum Gasteiger partial charge on any atom is -0.459 e. The van der Waals surface area contributed by atoms with Crippen molar-refractivity contribution in [1.29, 1.82) is 0 Å². The van der Waals surface area contributed by atoms with Gasteiger partial charge in [-0.3, -0.25) is 10.3 Å². The summed E-state index contributed by atoms with van der Waals surface area (Å²) in [4.78, 5) is 15.9. The minimum atomic E-state index is -0.445. The largest absolute Gasteiger partial charge is 0.459 e. The van der Waals surface area contributed by atoms with Crippen LogP contribution in [-0.2, 0) is 21.0 Å². The Balaban J connectivity index is 2.15. The van der Waals surface area contributed by atoms with Crippen molar-refractivity contribution < 1.29 is 14.4 Å². The van der Waals surface area contributed by atoms with Crippen LogP contribution in [0.2, 0.25) is 0 Å². The van der Waals surface area contributed by atoms with E-state index in [4.69, 9.17) is 21.2 Å². The number of nitrogens with one attached hydrogen (secondary N) is 1. The molecule has 4 nitrogen and oxygen atoms in total. The van der Waals surface area contributed by atoms with Crippen LogP contribution in [0.3, 0.4) is 0 Å². The lowest BCUT2D eigenvalue weighted by Gasteiger charge is -2.04. The predicted molar refractivity (Wildman–Crippen MR) is 60.3 cm³/mol. The maximum absolute atomic E-state index is 11.1. The Morgan fingerprint density at radius 1 is 1.38 bits per heavy atom. The van der Waals surface area contributed by atoms with Crippen LogP contribution >= 0.6 is 11.6 Å². The molecule has 0 heterocycles. The molecule has 0 atom stereocenters. The van der Waals surface area contributed by atoms with Crippen molar-refractivity contribution in [3.63, 3.8) is 0 Å². The van der Waals surface area contributed by atoms with Crippen LogP contribution in [0.5, 0.6) is 0 Å². The molecule has 0 bridgehead atoms. The summed E-state index contributed by atoms with van der Waals surface area (Å²) < 4.78 is 4.95. The predicted octanol–water partition coefficient (Wildman–Crippen LogP) is 1.96. The third-order valence-electron chi connectivity index (χ3n) is 1.65. The second-order valence-electron chi connectivity index (χ2n) is 2.85. The molecular formula is C11H12ClNO3. The minimum absolute atomic E-state index is 0.173. The zero-order chi connectivity index (χ0) is 11.6. The summed E-state index contributed by atoms with van der Waals surface area (Å²) in [6, 6.07) is 9.42. The maximum Gasteiger partial charge on any atom is 0.335 e. The van der Waals surface area contributed by atoms with Crippen molar-refractivity contribution in [1.82, 2.24) is 5.48 Å². The Kier molecular flexibility index (Phi) is 6.06. The lowest BCUT2D eigenvalue weighted by Crippen LogP contribution is -2.17. The number of hydrogen-bond acceptors (Lipinski definition) is 4. The number of hydroxylamine groups is 1. The summed E-state index contributed by atoms with van der Waals surface area (Å²) in [5.41, 5.74) is 4.52. The standard InChI is InChI=1S/C11H12ClNO3/c12-6-7-13-16-9-11(14)15-8-10-4-2-1-3-5-10/h1-7,13H,8-9H2. The molecule has 5 heteroatoms. The van der Waals surface area contributed by atoms with Gasteiger partial charge in [-0.15, -0.1) is 0 Å². The van der Waals surface area contributed by atoms with Crippen LogP contribution in [0.15, 0.2) is 42.1 Å². The Morgan fingerprint density at radius 3 is 2.81 bits per heavy atom. The second-order valence-corrected chi connectivity index (χ2v) is 3.10. The smallest absolute Gasteiger partial charge is 0.335 e. The molecule has 0 aromatic heterocycles. The first-order valence-corrected chi connectivity index (χ1v) is 5.08. The van der Waals surface area contributed by atoms with Gasteiger partial charge >= 0.3 is 5.97 Å². The summed E-state index contributed by atoms with van der Waals surface area (Å²) >= 11 is 5.22. The molecule has 0 fully saturated rings. The molecule has 1 N–H and O–H groups in total. The zero-order valence-electron chi connectivity index (χ0n) is 8.56. The number of rotatable bonds is 6. The SMILES string of the molecule is O=C(CONC=CCl)OCc1ccccc1. The summed E-state index contributed by atoms with van der Waals surface area (Å²) in [7, 11) is 0. The molecule has 0 aliphatic rings. The van der Waals surface area contributed by atoms with Crippen molar-refractivity contribution in [2.75, 3.05) is 6.61 Å². The Morgan fingerprint density at radius 2 is 2.12 bits per heavy atom. The molecule has 1 aromatic rings. The fourth-order valence-corrected chi connectivity index (χ4v) is 1.01. The summed E-state index contributed by atoms with van der Waals surface area (Å²) in [6.07, 6.45) is 1.35. The monoisotopic (exact) mass is 241 g/mol. The first-order chi connectivity index (χ1) is 7.83. The second kappa shape index (κ2) is 7.73. The highest BCUT2D eigenvalue weighted by molar-refractivity contribution is 6.25. The van der Waals surface area contributed by atoms with Gasteiger partial charge in [0.1, 0.15) is 6.61 Å². The molecule has 0 aliphatic heterocycles. The van der Waals surface area contributed by atoms with E-state index in [9.17, 15) is 4.79 Å². The number of hydrogen-bond donors (Lipinski definition) is 1. The lowest BCUT2D eigenvalue weighted by atomic mass is 10.2. The zero-order valence-corrected chi connectivity index (χ0v) is 9.31. The molecule has 0 aliphatic carbocycles. The average molecular weight is 242 g/mol. The molecule has 0 spiro atoms. The van der Waals surface area contributed by atoms with Gasteiger partial charge in [0.2, 0.25) is 0 Å². The maximum atomic E-state index is 11.1. The number of halogens is 1. The van der Waals surface area contributed by atoms with Gasteiger partial charge in [0.25, 0.3) is 0 Å². The van der Waals surface area contributed by atoms with E-state index in [0.717, 1.165) is 5.56 Å². The van der Waals surface area contributed by atoms with Crippen LogP contribution in [0, 0.1) is 0 Å². The van der Waals surface area contributed by atoms with E-state index in [1.165, 1.54) is 11.7 Å². The fourth-order valence-electron chi connectivity index (χ4n) is 0.954. The van der Waals surface area contributed by atoms with E-state index < -0.39 is 5.97 Å². The highest BCUT2D eigenvalue weighted by Gasteiger charge is 2.02. The van der Waals surface area contributed by atoms with Gasteiger partial charge in [0.05, 0.1) is 0 Å². The van der Waals surface area contributed by atoms with Gasteiger partial charge in [-0.1, -0.05) is 41.9 Å². The summed E-state index contributed by atoms with van der Waals surface area (Å²) in [6.45, 7) is 0.0719. The Hall–Kier alpha value is -1.52. The van der Waals surface area contributed by atoms with Crippen molar-refractivity contribution in [2.24, 2.45) is 0 Å². The lowest BCUT2D eigenvalue weighted by molar-refractivity contribution is -0.152. The number of esters is 1. The van der Waals surface area contributed by atoms with E-state index in [0.29, 0.717) is 0 Å². The number of benzene rings is 1. The van der Waals surface area contributed by atoms with Crippen LogP contribution in [0.1, 0.15) is 5.56 Å². The molecule has 0 radical (unpaired) electrons. The molecule has 1 rings (SSSR count). The highest BCUT2D eigenvalue weighted by atomic mass is 35.5. The van der Waals surface area contributed by atoms with Gasteiger partial charge in [0.15, 0.2) is 6.61 Å². The third kappa shape index (κ3) is 5.38. The van der Waals surface area contributed by atoms with Crippen molar-refractivity contribution in [3.05, 3.63) is 47.6 Å². The molecule has 0 unspecified atom stereocenters. The molecule has 86 valence electrons. The first kappa shape index (κ1) is 12.5. The molecule has 16 heavy (non-hydrogen) atoms. The van der Waals surface area contributed by atoms with Gasteiger partial charge in [-0.2, -0.15) is 0 Å².